The maximum Gasteiger partial charge on any atom is 0.446 e. The van der Waals surface area contributed by atoms with Gasteiger partial charge in [0.05, 0.1) is 29.4 Å². The van der Waals surface area contributed by atoms with Gasteiger partial charge in [0.25, 0.3) is 0 Å². The number of carbonyl (C=O) groups excluding carboxylic acids is 1. The number of alkyl halides is 6. The molecule has 0 atom stereocenters. The van der Waals surface area contributed by atoms with Gasteiger partial charge in [0.2, 0.25) is 0 Å². The molecule has 0 radical (unpaired) electrons. The van der Waals surface area contributed by atoms with Gasteiger partial charge in [-0.15, -0.1) is 0 Å². The normalized spacial score (nSPS) is 11.9. The minimum atomic E-state index is -4.99. The van der Waals surface area contributed by atoms with Crippen molar-refractivity contribution in [3.05, 3.63) is 28.8 Å². The number of nitriles is 1. The summed E-state index contributed by atoms with van der Waals surface area (Å²) < 4.78 is 80.2. The number of nitrogens with zero attached hydrogens (tertiary/aromatic N) is 1. The Kier molecular flexibility index (Phi) is 5.35. The SMILES string of the molecule is CCOC(=O)c1cc(C(F)(F)F)c(C#N)cc1SC(F)(F)F. The number of esters is 1. The second-order valence-corrected chi connectivity index (χ2v) is 4.88. The third-order valence-corrected chi connectivity index (χ3v) is 3.06. The number of halogens is 6. The predicted molar refractivity (Wildman–Crippen MR) is 64.0 cm³/mol. The van der Waals surface area contributed by atoms with E-state index >= 15 is 0 Å². The summed E-state index contributed by atoms with van der Waals surface area (Å²) in [5, 5.41) is 8.68. The highest BCUT2D eigenvalue weighted by atomic mass is 32.2. The summed E-state index contributed by atoms with van der Waals surface area (Å²) in [4.78, 5) is 10.8. The van der Waals surface area contributed by atoms with Crippen molar-refractivity contribution < 1.29 is 35.9 Å². The Hall–Kier alpha value is -1.89. The van der Waals surface area contributed by atoms with Crippen LogP contribution < -0.4 is 0 Å². The van der Waals surface area contributed by atoms with E-state index in [1.54, 1.807) is 0 Å². The molecule has 1 aromatic carbocycles. The average molecular weight is 343 g/mol. The van der Waals surface area contributed by atoms with Crippen LogP contribution in [0.5, 0.6) is 0 Å². The van der Waals surface area contributed by atoms with Gasteiger partial charge in [0.15, 0.2) is 0 Å². The van der Waals surface area contributed by atoms with Gasteiger partial charge in [-0.05, 0) is 30.8 Å². The number of ether oxygens (including phenoxy) is 1. The summed E-state index contributed by atoms with van der Waals surface area (Å²) in [5.74, 6) is -1.33. The highest BCUT2D eigenvalue weighted by molar-refractivity contribution is 8.00. The van der Waals surface area contributed by atoms with Crippen LogP contribution in [0.15, 0.2) is 17.0 Å². The van der Waals surface area contributed by atoms with Crippen molar-refractivity contribution in [1.29, 1.82) is 5.26 Å². The Morgan fingerprint density at radius 1 is 1.27 bits per heavy atom. The summed E-state index contributed by atoms with van der Waals surface area (Å²) in [5.41, 5.74) is -8.24. The Bertz CT molecular complexity index is 618. The van der Waals surface area contributed by atoms with Crippen LogP contribution in [-0.4, -0.2) is 18.1 Å². The molecule has 1 aromatic rings. The molecule has 0 amide bonds. The van der Waals surface area contributed by atoms with E-state index in [2.05, 4.69) is 4.74 Å². The van der Waals surface area contributed by atoms with E-state index in [1.807, 2.05) is 0 Å². The van der Waals surface area contributed by atoms with Crippen molar-refractivity contribution in [1.82, 2.24) is 0 Å². The van der Waals surface area contributed by atoms with E-state index in [-0.39, 0.29) is 12.7 Å². The zero-order valence-corrected chi connectivity index (χ0v) is 11.6. The maximum atomic E-state index is 12.8. The average Bonchev–Trinajstić information content (AvgIpc) is 2.35. The van der Waals surface area contributed by atoms with Crippen LogP contribution in [0.4, 0.5) is 26.3 Å². The quantitative estimate of drug-likeness (QED) is 0.465. The lowest BCUT2D eigenvalue weighted by Gasteiger charge is -2.15. The molecule has 10 heteroatoms. The number of thioether (sulfide) groups is 1. The molecule has 120 valence electrons. The molecular weight excluding hydrogens is 336 g/mol. The molecule has 0 heterocycles. The lowest BCUT2D eigenvalue weighted by atomic mass is 10.0. The molecule has 0 N–H and O–H groups in total. The molecule has 0 saturated heterocycles. The third kappa shape index (κ3) is 4.56. The molecule has 22 heavy (non-hydrogen) atoms. The molecule has 0 aliphatic rings. The molecule has 0 unspecified atom stereocenters. The summed E-state index contributed by atoms with van der Waals surface area (Å²) in [6.07, 6.45) is -4.99. The van der Waals surface area contributed by atoms with E-state index in [0.717, 1.165) is 0 Å². The predicted octanol–water partition coefficient (Wildman–Crippen LogP) is 4.37. The topological polar surface area (TPSA) is 50.1 Å². The first-order valence-corrected chi connectivity index (χ1v) is 6.39. The van der Waals surface area contributed by atoms with Gasteiger partial charge in [0, 0.05) is 4.90 Å². The fraction of sp³-hybridized carbons (Fsp3) is 0.333. The van der Waals surface area contributed by atoms with E-state index in [1.165, 1.54) is 13.0 Å². The number of hydrogen-bond donors (Lipinski definition) is 0. The summed E-state index contributed by atoms with van der Waals surface area (Å²) in [7, 11) is 0. The van der Waals surface area contributed by atoms with Gasteiger partial charge in [-0.1, -0.05) is 0 Å². The van der Waals surface area contributed by atoms with Crippen molar-refractivity contribution in [2.45, 2.75) is 23.5 Å². The number of carbonyl (C=O) groups is 1. The minimum Gasteiger partial charge on any atom is -0.462 e. The van der Waals surface area contributed by atoms with Crippen molar-refractivity contribution >= 4 is 17.7 Å². The van der Waals surface area contributed by atoms with Crippen LogP contribution in [0.1, 0.15) is 28.4 Å². The van der Waals surface area contributed by atoms with Crippen LogP contribution >= 0.6 is 11.8 Å². The maximum absolute atomic E-state index is 12.8. The van der Waals surface area contributed by atoms with Gasteiger partial charge < -0.3 is 4.74 Å². The van der Waals surface area contributed by atoms with E-state index < -0.39 is 51.0 Å². The Balaban J connectivity index is 3.55. The van der Waals surface area contributed by atoms with Gasteiger partial charge in [-0.3, -0.25) is 0 Å². The molecule has 0 saturated carbocycles. The minimum absolute atomic E-state index is 0.199. The largest absolute Gasteiger partial charge is 0.462 e. The van der Waals surface area contributed by atoms with E-state index in [9.17, 15) is 31.1 Å². The molecule has 0 fully saturated rings. The standard InChI is InChI=1S/C12H7F6NO2S/c1-2-21-10(20)7-4-8(11(13,14)15)6(5-19)3-9(7)22-12(16,17)18/h3-4H,2H2,1H3. The zero-order chi connectivity index (χ0) is 17.1. The smallest absolute Gasteiger partial charge is 0.446 e. The molecule has 1 rings (SSSR count). The van der Waals surface area contributed by atoms with Crippen molar-refractivity contribution in [3.63, 3.8) is 0 Å². The van der Waals surface area contributed by atoms with Gasteiger partial charge in [-0.25, -0.2) is 4.79 Å². The second kappa shape index (κ2) is 6.48. The lowest BCUT2D eigenvalue weighted by molar-refractivity contribution is -0.137. The number of rotatable bonds is 3. The lowest BCUT2D eigenvalue weighted by Crippen LogP contribution is -2.14. The first-order valence-electron chi connectivity index (χ1n) is 5.57. The van der Waals surface area contributed by atoms with Gasteiger partial charge in [0.1, 0.15) is 0 Å². The van der Waals surface area contributed by atoms with Crippen molar-refractivity contribution in [2.24, 2.45) is 0 Å². The van der Waals surface area contributed by atoms with Gasteiger partial charge in [-0.2, -0.15) is 31.6 Å². The Labute approximate surface area is 124 Å². The fourth-order valence-corrected chi connectivity index (χ4v) is 2.16. The van der Waals surface area contributed by atoms with Crippen LogP contribution in [0.25, 0.3) is 0 Å². The molecule has 3 nitrogen and oxygen atoms in total. The highest BCUT2D eigenvalue weighted by Crippen LogP contribution is 2.42. The third-order valence-electron chi connectivity index (χ3n) is 2.27. The fourth-order valence-electron chi connectivity index (χ4n) is 1.48. The summed E-state index contributed by atoms with van der Waals surface area (Å²) in [6, 6.07) is 1.75. The van der Waals surface area contributed by atoms with Crippen LogP contribution in [0, 0.1) is 11.3 Å². The highest BCUT2D eigenvalue weighted by Gasteiger charge is 2.38. The summed E-state index contributed by atoms with van der Waals surface area (Å²) >= 11 is -0.789. The second-order valence-electron chi connectivity index (χ2n) is 3.77. The molecule has 0 bridgehead atoms. The van der Waals surface area contributed by atoms with Crippen LogP contribution in [0.3, 0.4) is 0 Å². The molecule has 0 aromatic heterocycles. The van der Waals surface area contributed by atoms with E-state index in [4.69, 9.17) is 5.26 Å². The van der Waals surface area contributed by atoms with Crippen LogP contribution in [-0.2, 0) is 10.9 Å². The first-order chi connectivity index (χ1) is 9.99. The van der Waals surface area contributed by atoms with E-state index in [0.29, 0.717) is 6.07 Å². The molecule has 0 aliphatic heterocycles. The molecule has 0 aliphatic carbocycles. The van der Waals surface area contributed by atoms with Gasteiger partial charge >= 0.3 is 17.7 Å². The number of hydrogen-bond acceptors (Lipinski definition) is 4. The molecule has 0 spiro atoms. The first kappa shape index (κ1) is 18.2. The monoisotopic (exact) mass is 343 g/mol. The zero-order valence-electron chi connectivity index (χ0n) is 10.8. The Morgan fingerprint density at radius 3 is 2.27 bits per heavy atom. The van der Waals surface area contributed by atoms with Crippen molar-refractivity contribution in [2.75, 3.05) is 6.61 Å². The summed E-state index contributed by atoms with van der Waals surface area (Å²) in [6.45, 7) is 1.12. The van der Waals surface area contributed by atoms with Crippen LogP contribution in [0.2, 0.25) is 0 Å². The molecular formula is C12H7F6NO2S. The number of benzene rings is 1. The Morgan fingerprint density at radius 2 is 1.86 bits per heavy atom. The van der Waals surface area contributed by atoms with Crippen molar-refractivity contribution in [3.8, 4) is 6.07 Å².